The molecule has 3 aromatic carbocycles. The van der Waals surface area contributed by atoms with Gasteiger partial charge in [-0.1, -0.05) is 29.8 Å². The molecular weight excluding hydrogens is 707 g/mol. The van der Waals surface area contributed by atoms with Gasteiger partial charge in [-0.2, -0.15) is 13.9 Å². The predicted molar refractivity (Wildman–Crippen MR) is 198 cm³/mol. The first-order chi connectivity index (χ1) is 25.5. The molecule has 274 valence electrons. The van der Waals surface area contributed by atoms with Crippen molar-refractivity contribution in [2.24, 2.45) is 7.05 Å². The summed E-state index contributed by atoms with van der Waals surface area (Å²) < 4.78 is 58.0. The predicted octanol–water partition coefficient (Wildman–Crippen LogP) is 8.33. The van der Waals surface area contributed by atoms with Crippen molar-refractivity contribution >= 4 is 50.7 Å². The number of H-pyrrole nitrogens is 1. The molecule has 3 aromatic heterocycles. The van der Waals surface area contributed by atoms with Gasteiger partial charge in [-0.25, -0.2) is 19.3 Å². The number of hydrogen-bond acceptors (Lipinski definition) is 7. The van der Waals surface area contributed by atoms with E-state index in [-0.39, 0.29) is 25.6 Å². The first-order valence-electron chi connectivity index (χ1n) is 17.2. The monoisotopic (exact) mass is 743 g/mol. The van der Waals surface area contributed by atoms with Crippen LogP contribution in [-0.4, -0.2) is 61.8 Å². The Morgan fingerprint density at radius 2 is 1.87 bits per heavy atom. The number of ether oxygens (including phenoxy) is 2. The fourth-order valence-electron chi connectivity index (χ4n) is 6.20. The third kappa shape index (κ3) is 7.64. The molecule has 0 saturated carbocycles. The van der Waals surface area contributed by atoms with Crippen LogP contribution in [0.2, 0.25) is 5.02 Å². The van der Waals surface area contributed by atoms with Gasteiger partial charge >= 0.3 is 6.05 Å². The van der Waals surface area contributed by atoms with Crippen LogP contribution < -0.4 is 10.1 Å². The fraction of sp³-hybridized carbons (Fsp3) is 0.282. The number of hydrogen-bond donors (Lipinski definition) is 2. The maximum Gasteiger partial charge on any atom is 0.364 e. The zero-order chi connectivity index (χ0) is 37.3. The van der Waals surface area contributed by atoms with E-state index in [1.165, 1.54) is 17.1 Å². The molecule has 0 unspecified atom stereocenters. The van der Waals surface area contributed by atoms with Crippen molar-refractivity contribution < 1.29 is 27.4 Å². The van der Waals surface area contributed by atoms with Crippen LogP contribution >= 0.6 is 11.6 Å². The average molecular weight is 744 g/mol. The van der Waals surface area contributed by atoms with Gasteiger partial charge < -0.3 is 19.4 Å². The summed E-state index contributed by atoms with van der Waals surface area (Å²) in [5.41, 5.74) is 6.01. The van der Waals surface area contributed by atoms with E-state index >= 15 is 8.78 Å². The second-order valence-corrected chi connectivity index (χ2v) is 13.4. The van der Waals surface area contributed by atoms with Gasteiger partial charge in [0.1, 0.15) is 12.4 Å². The Morgan fingerprint density at radius 1 is 1.08 bits per heavy atom. The zero-order valence-electron chi connectivity index (χ0n) is 29.4. The highest BCUT2D eigenvalue weighted by atomic mass is 35.5. The Morgan fingerprint density at radius 3 is 2.58 bits per heavy atom. The topological polar surface area (TPSA) is 110 Å². The molecule has 5 heterocycles. The van der Waals surface area contributed by atoms with Crippen molar-refractivity contribution in [3.05, 3.63) is 118 Å². The fourth-order valence-corrected chi connectivity index (χ4v) is 6.36. The first-order valence-corrected chi connectivity index (χ1v) is 17.5. The molecule has 1 saturated heterocycles. The van der Waals surface area contributed by atoms with Gasteiger partial charge in [0.05, 0.1) is 22.2 Å². The van der Waals surface area contributed by atoms with Gasteiger partial charge in [0.25, 0.3) is 5.91 Å². The van der Waals surface area contributed by atoms with Gasteiger partial charge in [0.15, 0.2) is 5.82 Å². The van der Waals surface area contributed by atoms with Crippen LogP contribution in [0.3, 0.4) is 0 Å². The van der Waals surface area contributed by atoms with Crippen molar-refractivity contribution in [3.63, 3.8) is 0 Å². The molecule has 0 bridgehead atoms. The highest BCUT2D eigenvalue weighted by molar-refractivity contribution is 6.30. The standard InChI is InChI=1S/C36H31ClF3N7O2.C3H6O/c1-20-15-24(16-27-21(2)44-45-33(20)27)34(48)41-26-9-10-31-30(18-26)43-35(46(31)3)36(39,40)47-13-11-22(12-14-47)29-5-4-6-32(42-29)49-19-23-7-8-25(37)17-28(23)38;1-2-4-3-1/h4-11,15-18H,12-14,19H2,1-3H3,(H,41,48)(H,44,45);1-3H2. The number of nitrogens with zero attached hydrogens (tertiary/aromatic N) is 5. The van der Waals surface area contributed by atoms with Crippen molar-refractivity contribution in [3.8, 4) is 5.88 Å². The summed E-state index contributed by atoms with van der Waals surface area (Å²) in [6.07, 6.45) is 3.32. The summed E-state index contributed by atoms with van der Waals surface area (Å²) in [5.74, 6) is -0.913. The molecule has 1 amide bonds. The molecule has 14 heteroatoms. The van der Waals surface area contributed by atoms with E-state index in [2.05, 4.69) is 25.5 Å². The Hall–Kier alpha value is -5.24. The number of imidazole rings is 1. The quantitative estimate of drug-likeness (QED) is 0.151. The number of carbonyl (C=O) groups is 1. The number of amides is 1. The molecule has 0 spiro atoms. The second kappa shape index (κ2) is 15.0. The van der Waals surface area contributed by atoms with Crippen molar-refractivity contribution in [1.29, 1.82) is 0 Å². The number of benzene rings is 3. The first kappa shape index (κ1) is 36.1. The van der Waals surface area contributed by atoms with Gasteiger partial charge in [0.2, 0.25) is 5.88 Å². The van der Waals surface area contributed by atoms with E-state index in [0.717, 1.165) is 45.8 Å². The third-order valence-electron chi connectivity index (χ3n) is 9.34. The van der Waals surface area contributed by atoms with Crippen LogP contribution in [0.4, 0.5) is 18.9 Å². The van der Waals surface area contributed by atoms with E-state index in [1.807, 2.05) is 13.8 Å². The van der Waals surface area contributed by atoms with Crippen LogP contribution in [0, 0.1) is 19.7 Å². The molecule has 8 rings (SSSR count). The maximum absolute atomic E-state index is 16.0. The lowest BCUT2D eigenvalue weighted by Crippen LogP contribution is -2.43. The van der Waals surface area contributed by atoms with Crippen molar-refractivity contribution in [2.45, 2.75) is 39.3 Å². The zero-order valence-corrected chi connectivity index (χ0v) is 30.1. The number of anilines is 1. The number of aromatic amines is 1. The lowest BCUT2D eigenvalue weighted by molar-refractivity contribution is -0.158. The van der Waals surface area contributed by atoms with Gasteiger partial charge in [-0.05, 0) is 86.4 Å². The Bertz CT molecular complexity index is 2350. The smallest absolute Gasteiger partial charge is 0.364 e. The molecule has 2 aliphatic heterocycles. The molecule has 0 atom stereocenters. The summed E-state index contributed by atoms with van der Waals surface area (Å²) in [7, 11) is 1.55. The minimum Gasteiger partial charge on any atom is -0.473 e. The van der Waals surface area contributed by atoms with Crippen LogP contribution in [0.5, 0.6) is 5.88 Å². The Labute approximate surface area is 308 Å². The van der Waals surface area contributed by atoms with E-state index in [9.17, 15) is 9.18 Å². The molecule has 0 aliphatic carbocycles. The summed E-state index contributed by atoms with van der Waals surface area (Å²) in [6.45, 7) is 5.77. The highest BCUT2D eigenvalue weighted by Crippen LogP contribution is 2.37. The number of pyridine rings is 1. The third-order valence-corrected chi connectivity index (χ3v) is 9.57. The minimum absolute atomic E-state index is 0.0322. The molecule has 1 fully saturated rings. The molecule has 0 radical (unpaired) electrons. The number of rotatable bonds is 8. The van der Waals surface area contributed by atoms with Crippen LogP contribution in [0.25, 0.3) is 27.5 Å². The van der Waals surface area contributed by atoms with Gasteiger partial charge in [-0.15, -0.1) is 0 Å². The van der Waals surface area contributed by atoms with Crippen molar-refractivity contribution in [1.82, 2.24) is 29.6 Å². The van der Waals surface area contributed by atoms with Crippen molar-refractivity contribution in [2.75, 3.05) is 31.6 Å². The lowest BCUT2D eigenvalue weighted by atomic mass is 10.0. The number of aromatic nitrogens is 5. The Kier molecular flexibility index (Phi) is 10.2. The molecular formula is C39H37ClF3N7O3. The second-order valence-electron chi connectivity index (χ2n) is 13.0. The number of nitrogens with one attached hydrogen (secondary N) is 2. The molecule has 10 nitrogen and oxygen atoms in total. The normalized spacial score (nSPS) is 14.7. The van der Waals surface area contributed by atoms with E-state index in [4.69, 9.17) is 21.1 Å². The maximum atomic E-state index is 16.0. The largest absolute Gasteiger partial charge is 0.473 e. The SMILES string of the molecule is C1COC1.Cc1[nH]nc2c(C)cc(C(=O)Nc3ccc4c(c3)nc(C(F)(F)N3CC=C(c5cccc(OCc6ccc(Cl)cc6F)n5)CC3)n4C)cc12. The van der Waals surface area contributed by atoms with Crippen LogP contribution in [0.1, 0.15) is 51.5 Å². The van der Waals surface area contributed by atoms with Crippen LogP contribution in [-0.2, 0) is 24.4 Å². The van der Waals surface area contributed by atoms with Crippen LogP contribution in [0.15, 0.2) is 72.8 Å². The lowest BCUT2D eigenvalue weighted by Gasteiger charge is -2.32. The van der Waals surface area contributed by atoms with E-state index < -0.39 is 17.7 Å². The number of alkyl halides is 2. The van der Waals surface area contributed by atoms with E-state index in [0.29, 0.717) is 50.9 Å². The summed E-state index contributed by atoms with van der Waals surface area (Å²) >= 11 is 5.83. The number of carbonyl (C=O) groups excluding carboxylic acids is 1. The summed E-state index contributed by atoms with van der Waals surface area (Å²) in [4.78, 5) is 23.1. The number of aryl methyl sites for hydroxylation is 3. The van der Waals surface area contributed by atoms with Gasteiger partial charge in [0, 0.05) is 72.3 Å². The number of halogens is 4. The molecule has 2 N–H and O–H groups in total. The van der Waals surface area contributed by atoms with Gasteiger partial charge in [-0.3, -0.25) is 9.89 Å². The number of fused-ring (bicyclic) bond motifs is 2. The Balaban J connectivity index is 0.00000102. The summed E-state index contributed by atoms with van der Waals surface area (Å²) in [5, 5.41) is 11.2. The summed E-state index contributed by atoms with van der Waals surface area (Å²) in [6, 6.07) is 14.6. The average Bonchev–Trinajstić information content (AvgIpc) is 3.66. The highest BCUT2D eigenvalue weighted by Gasteiger charge is 2.44. The van der Waals surface area contributed by atoms with E-state index in [1.54, 1.807) is 73.8 Å². The molecule has 53 heavy (non-hydrogen) atoms. The minimum atomic E-state index is -3.38. The molecule has 2 aliphatic rings. The molecule has 6 aromatic rings.